The largest absolute Gasteiger partial charge is 0.126 e. The number of alkyl halides is 1. The molecule has 0 aliphatic carbocycles. The first kappa shape index (κ1) is 11.3. The molecule has 0 rings (SSSR count). The van der Waals surface area contributed by atoms with Gasteiger partial charge in [-0.25, -0.2) is 0 Å². The molecule has 0 nitrogen and oxygen atoms in total. The molecule has 68 valence electrons. The molecule has 0 saturated heterocycles. The minimum atomic E-state index is 0.332. The van der Waals surface area contributed by atoms with Crippen LogP contribution in [0.15, 0.2) is 0 Å². The Kier molecular flexibility index (Phi) is 5.16. The zero-order valence-electron chi connectivity index (χ0n) is 8.28. The summed E-state index contributed by atoms with van der Waals surface area (Å²) < 4.78 is 0. The predicted octanol–water partition coefficient (Wildman–Crippen LogP) is 4.08. The molecular weight excluding hydrogens is 156 g/mol. The van der Waals surface area contributed by atoms with Gasteiger partial charge in [-0.3, -0.25) is 0 Å². The van der Waals surface area contributed by atoms with Crippen molar-refractivity contribution in [3.05, 3.63) is 0 Å². The lowest BCUT2D eigenvalue weighted by molar-refractivity contribution is 0.286. The molecule has 0 aromatic carbocycles. The summed E-state index contributed by atoms with van der Waals surface area (Å²) in [7, 11) is 0. The highest BCUT2D eigenvalue weighted by Crippen LogP contribution is 2.29. The summed E-state index contributed by atoms with van der Waals surface area (Å²) in [6.45, 7) is 9.02. The van der Waals surface area contributed by atoms with E-state index in [1.807, 2.05) is 0 Å². The third-order valence-corrected chi connectivity index (χ3v) is 3.08. The molecule has 1 heteroatoms. The highest BCUT2D eigenvalue weighted by molar-refractivity contribution is 6.18. The van der Waals surface area contributed by atoms with Gasteiger partial charge in [0.05, 0.1) is 0 Å². The minimum absolute atomic E-state index is 0.332. The van der Waals surface area contributed by atoms with E-state index in [0.717, 1.165) is 11.8 Å². The average Bonchev–Trinajstić information content (AvgIpc) is 2.00. The van der Waals surface area contributed by atoms with Gasteiger partial charge in [-0.1, -0.05) is 40.5 Å². The summed E-state index contributed by atoms with van der Waals surface area (Å²) in [5.41, 5.74) is 0.332. The number of halogens is 1. The van der Waals surface area contributed by atoms with Gasteiger partial charge in [0.25, 0.3) is 0 Å². The van der Waals surface area contributed by atoms with Gasteiger partial charge >= 0.3 is 0 Å². The van der Waals surface area contributed by atoms with Gasteiger partial charge in [0.15, 0.2) is 0 Å². The Hall–Kier alpha value is 0.290. The smallest absolute Gasteiger partial charge is 0.0274 e. The molecule has 11 heavy (non-hydrogen) atoms. The van der Waals surface area contributed by atoms with E-state index in [9.17, 15) is 0 Å². The third kappa shape index (κ3) is 4.68. The Balaban J connectivity index is 3.79. The molecule has 0 N–H and O–H groups in total. The second-order valence-electron chi connectivity index (χ2n) is 4.18. The van der Waals surface area contributed by atoms with Gasteiger partial charge in [-0.15, -0.1) is 11.6 Å². The third-order valence-electron chi connectivity index (χ3n) is 2.36. The Morgan fingerprint density at radius 3 is 1.91 bits per heavy atom. The summed E-state index contributed by atoms with van der Waals surface area (Å²) in [6, 6.07) is 0. The Bertz CT molecular complexity index is 93.0. The normalized spacial score (nSPS) is 12.5. The first-order chi connectivity index (χ1) is 5.05. The minimum Gasteiger partial charge on any atom is -0.126 e. The van der Waals surface area contributed by atoms with Crippen LogP contribution in [0.3, 0.4) is 0 Å². The first-order valence-corrected chi connectivity index (χ1v) is 5.15. The average molecular weight is 177 g/mol. The fraction of sp³-hybridized carbons (Fsp3) is 1.00. The van der Waals surface area contributed by atoms with Crippen LogP contribution in [-0.2, 0) is 0 Å². The van der Waals surface area contributed by atoms with Crippen molar-refractivity contribution in [3.63, 3.8) is 0 Å². The topological polar surface area (TPSA) is 0 Å². The fourth-order valence-corrected chi connectivity index (χ4v) is 1.52. The predicted molar refractivity (Wildman–Crippen MR) is 53.2 cm³/mol. The summed E-state index contributed by atoms with van der Waals surface area (Å²) in [6.07, 6.45) is 3.84. The molecule has 0 aromatic heterocycles. The highest BCUT2D eigenvalue weighted by Gasteiger charge is 2.20. The van der Waals surface area contributed by atoms with Gasteiger partial charge in [-0.05, 0) is 17.8 Å². The molecule has 0 heterocycles. The van der Waals surface area contributed by atoms with Crippen molar-refractivity contribution in [2.45, 2.75) is 47.0 Å². The van der Waals surface area contributed by atoms with Crippen LogP contribution in [0.4, 0.5) is 0 Å². The van der Waals surface area contributed by atoms with E-state index in [1.54, 1.807) is 0 Å². The van der Waals surface area contributed by atoms with Crippen LogP contribution >= 0.6 is 11.6 Å². The van der Waals surface area contributed by atoms with Crippen LogP contribution in [0.25, 0.3) is 0 Å². The second-order valence-corrected chi connectivity index (χ2v) is 4.45. The van der Waals surface area contributed by atoms with E-state index in [0.29, 0.717) is 5.41 Å². The van der Waals surface area contributed by atoms with Crippen molar-refractivity contribution in [1.29, 1.82) is 0 Å². The summed E-state index contributed by atoms with van der Waals surface area (Å²) in [5, 5.41) is 0. The molecule has 0 aliphatic rings. The number of hydrogen-bond donors (Lipinski definition) is 0. The lowest BCUT2D eigenvalue weighted by Crippen LogP contribution is -2.18. The Morgan fingerprint density at radius 1 is 1.18 bits per heavy atom. The highest BCUT2D eigenvalue weighted by atomic mass is 35.5. The zero-order chi connectivity index (χ0) is 8.91. The molecule has 0 aliphatic heterocycles. The van der Waals surface area contributed by atoms with E-state index < -0.39 is 0 Å². The SMILES string of the molecule is CCC(CC)CC(C)(C)CCl. The van der Waals surface area contributed by atoms with Gasteiger partial charge in [0, 0.05) is 5.88 Å². The van der Waals surface area contributed by atoms with Crippen LogP contribution in [0.1, 0.15) is 47.0 Å². The lowest BCUT2D eigenvalue weighted by Gasteiger charge is -2.26. The molecule has 0 radical (unpaired) electrons. The van der Waals surface area contributed by atoms with Crippen LogP contribution in [0.2, 0.25) is 0 Å². The van der Waals surface area contributed by atoms with Crippen molar-refractivity contribution in [3.8, 4) is 0 Å². The van der Waals surface area contributed by atoms with Crippen LogP contribution in [0, 0.1) is 11.3 Å². The maximum Gasteiger partial charge on any atom is 0.0274 e. The van der Waals surface area contributed by atoms with Gasteiger partial charge in [0.2, 0.25) is 0 Å². The first-order valence-electron chi connectivity index (χ1n) is 4.61. The van der Waals surface area contributed by atoms with E-state index in [-0.39, 0.29) is 0 Å². The van der Waals surface area contributed by atoms with Gasteiger partial charge in [0.1, 0.15) is 0 Å². The molecular formula is C10H21Cl. The fourth-order valence-electron chi connectivity index (χ4n) is 1.41. The van der Waals surface area contributed by atoms with E-state index >= 15 is 0 Å². The molecule has 0 aromatic rings. The monoisotopic (exact) mass is 176 g/mol. The molecule has 0 unspecified atom stereocenters. The second kappa shape index (κ2) is 5.03. The maximum atomic E-state index is 5.85. The lowest BCUT2D eigenvalue weighted by atomic mass is 9.82. The van der Waals surface area contributed by atoms with Crippen molar-refractivity contribution >= 4 is 11.6 Å². The van der Waals surface area contributed by atoms with E-state index in [1.165, 1.54) is 19.3 Å². The van der Waals surface area contributed by atoms with Crippen LogP contribution in [0.5, 0.6) is 0 Å². The standard InChI is InChI=1S/C10H21Cl/c1-5-9(6-2)7-10(3,4)8-11/h9H,5-8H2,1-4H3. The van der Waals surface area contributed by atoms with Crippen molar-refractivity contribution in [1.82, 2.24) is 0 Å². The van der Waals surface area contributed by atoms with Crippen molar-refractivity contribution in [2.75, 3.05) is 5.88 Å². The summed E-state index contributed by atoms with van der Waals surface area (Å²) >= 11 is 5.85. The molecule has 0 amide bonds. The quantitative estimate of drug-likeness (QED) is 0.554. The Morgan fingerprint density at radius 2 is 1.64 bits per heavy atom. The Labute approximate surface area is 76.3 Å². The summed E-state index contributed by atoms with van der Waals surface area (Å²) in [4.78, 5) is 0. The summed E-state index contributed by atoms with van der Waals surface area (Å²) in [5.74, 6) is 1.65. The molecule has 0 saturated carbocycles. The molecule has 0 bridgehead atoms. The number of hydrogen-bond acceptors (Lipinski definition) is 0. The van der Waals surface area contributed by atoms with Crippen molar-refractivity contribution in [2.24, 2.45) is 11.3 Å². The van der Waals surface area contributed by atoms with Gasteiger partial charge in [-0.2, -0.15) is 0 Å². The zero-order valence-corrected chi connectivity index (χ0v) is 9.04. The van der Waals surface area contributed by atoms with Gasteiger partial charge < -0.3 is 0 Å². The van der Waals surface area contributed by atoms with E-state index in [4.69, 9.17) is 11.6 Å². The van der Waals surface area contributed by atoms with Crippen LogP contribution in [-0.4, -0.2) is 5.88 Å². The van der Waals surface area contributed by atoms with E-state index in [2.05, 4.69) is 27.7 Å². The maximum absolute atomic E-state index is 5.85. The van der Waals surface area contributed by atoms with Crippen LogP contribution < -0.4 is 0 Å². The molecule has 0 spiro atoms. The molecule has 0 fully saturated rings. The number of rotatable bonds is 5. The van der Waals surface area contributed by atoms with Crippen molar-refractivity contribution < 1.29 is 0 Å². The molecule has 0 atom stereocenters.